The first-order chi connectivity index (χ1) is 11.9. The van der Waals surface area contributed by atoms with Crippen molar-refractivity contribution in [2.45, 2.75) is 0 Å². The van der Waals surface area contributed by atoms with Crippen molar-refractivity contribution in [1.29, 1.82) is 0 Å². The Morgan fingerprint density at radius 2 is 0.929 bits per heavy atom. The van der Waals surface area contributed by atoms with Crippen LogP contribution >= 0.6 is 49.6 Å². The van der Waals surface area contributed by atoms with Gasteiger partial charge in [0.1, 0.15) is 0 Å². The van der Waals surface area contributed by atoms with Crippen molar-refractivity contribution in [3.8, 4) is 11.1 Å². The van der Waals surface area contributed by atoms with Crippen molar-refractivity contribution in [2.75, 3.05) is 62.2 Å². The van der Waals surface area contributed by atoms with Crippen LogP contribution in [0.3, 0.4) is 0 Å². The number of hydrogen-bond donors (Lipinski definition) is 2. The second-order valence-corrected chi connectivity index (χ2v) is 6.34. The third kappa shape index (κ3) is 6.51. The Labute approximate surface area is 191 Å². The molecule has 0 aliphatic carbocycles. The van der Waals surface area contributed by atoms with Crippen LogP contribution in [-0.2, 0) is 0 Å². The third-order valence-corrected chi connectivity index (χ3v) is 4.75. The number of rotatable bonds is 3. The number of pyridine rings is 2. The normalized spacial score (nSPS) is 16.0. The summed E-state index contributed by atoms with van der Waals surface area (Å²) in [4.78, 5) is 13.7. The Bertz CT molecular complexity index is 634. The van der Waals surface area contributed by atoms with Gasteiger partial charge in [0.05, 0.1) is 23.8 Å². The summed E-state index contributed by atoms with van der Waals surface area (Å²) >= 11 is 0. The summed E-state index contributed by atoms with van der Waals surface area (Å²) in [6.45, 7) is 8.26. The molecule has 158 valence electrons. The maximum atomic E-state index is 4.46. The predicted octanol–water partition coefficient (Wildman–Crippen LogP) is 2.65. The topological polar surface area (TPSA) is 56.3 Å². The van der Waals surface area contributed by atoms with E-state index < -0.39 is 0 Å². The van der Waals surface area contributed by atoms with Gasteiger partial charge in [-0.2, -0.15) is 0 Å². The van der Waals surface area contributed by atoms with Crippen LogP contribution in [0.15, 0.2) is 36.9 Å². The molecule has 2 N–H and O–H groups in total. The molecule has 0 saturated carbocycles. The molecule has 0 amide bonds. The summed E-state index contributed by atoms with van der Waals surface area (Å²) in [7, 11) is 0. The van der Waals surface area contributed by atoms with Crippen LogP contribution in [0, 0.1) is 0 Å². The zero-order valence-corrected chi connectivity index (χ0v) is 18.8. The van der Waals surface area contributed by atoms with Gasteiger partial charge in [0.2, 0.25) is 0 Å². The lowest BCUT2D eigenvalue weighted by Gasteiger charge is -2.30. The average Bonchev–Trinajstić information content (AvgIpc) is 2.70. The van der Waals surface area contributed by atoms with Crippen LogP contribution in [0.4, 0.5) is 11.4 Å². The summed E-state index contributed by atoms with van der Waals surface area (Å²) in [6, 6.07) is 4.47. The zero-order valence-electron chi connectivity index (χ0n) is 15.5. The number of hydrogen-bond acceptors (Lipinski definition) is 6. The highest BCUT2D eigenvalue weighted by Crippen LogP contribution is 2.26. The molecule has 0 radical (unpaired) electrons. The zero-order chi connectivity index (χ0) is 16.2. The lowest BCUT2D eigenvalue weighted by Crippen LogP contribution is -2.43. The van der Waals surface area contributed by atoms with Gasteiger partial charge in [-0.25, -0.2) is 0 Å². The average molecular weight is 470 g/mol. The summed E-state index contributed by atoms with van der Waals surface area (Å²) in [5.41, 5.74) is 4.66. The summed E-state index contributed by atoms with van der Waals surface area (Å²) in [6.07, 6.45) is 7.79. The van der Waals surface area contributed by atoms with Crippen molar-refractivity contribution in [1.82, 2.24) is 20.6 Å². The molecule has 4 rings (SSSR count). The van der Waals surface area contributed by atoms with E-state index in [1.165, 1.54) is 11.4 Å². The SMILES string of the molecule is Cl.Cl.Cl.Cl.c1ncc(N2CCNCC2)cc1-c1cncc(N2CCNCC2)c1. The lowest BCUT2D eigenvalue weighted by molar-refractivity contribution is 0.588. The van der Waals surface area contributed by atoms with E-state index in [9.17, 15) is 0 Å². The van der Waals surface area contributed by atoms with E-state index >= 15 is 0 Å². The minimum atomic E-state index is 0. The van der Waals surface area contributed by atoms with E-state index in [0.717, 1.165) is 63.5 Å². The van der Waals surface area contributed by atoms with Gasteiger partial charge in [-0.05, 0) is 12.1 Å². The quantitative estimate of drug-likeness (QED) is 0.720. The van der Waals surface area contributed by atoms with Gasteiger partial charge in [-0.3, -0.25) is 9.97 Å². The molecule has 2 fully saturated rings. The molecule has 0 atom stereocenters. The number of halogens is 4. The fraction of sp³-hybridized carbons (Fsp3) is 0.444. The van der Waals surface area contributed by atoms with E-state index in [-0.39, 0.29) is 49.6 Å². The molecule has 0 aromatic carbocycles. The maximum absolute atomic E-state index is 4.46. The molecular formula is C18H28Cl4N6. The summed E-state index contributed by atoms with van der Waals surface area (Å²) in [5, 5.41) is 6.78. The molecule has 2 saturated heterocycles. The van der Waals surface area contributed by atoms with Crippen LogP contribution in [0.25, 0.3) is 11.1 Å². The second kappa shape index (κ2) is 13.2. The predicted molar refractivity (Wildman–Crippen MR) is 127 cm³/mol. The second-order valence-electron chi connectivity index (χ2n) is 6.34. The van der Waals surface area contributed by atoms with E-state index in [2.05, 4.69) is 42.5 Å². The molecule has 0 spiro atoms. The van der Waals surface area contributed by atoms with E-state index in [0.29, 0.717) is 0 Å². The van der Waals surface area contributed by atoms with Crippen molar-refractivity contribution < 1.29 is 0 Å². The fourth-order valence-corrected chi connectivity index (χ4v) is 3.36. The Kier molecular flexibility index (Phi) is 12.8. The highest BCUT2D eigenvalue weighted by molar-refractivity contribution is 5.86. The monoisotopic (exact) mass is 468 g/mol. The molecular weight excluding hydrogens is 442 g/mol. The van der Waals surface area contributed by atoms with Crippen molar-refractivity contribution in [3.05, 3.63) is 36.9 Å². The first-order valence-electron chi connectivity index (χ1n) is 8.72. The van der Waals surface area contributed by atoms with Gasteiger partial charge in [0.15, 0.2) is 0 Å². The van der Waals surface area contributed by atoms with E-state index in [1.807, 2.05) is 24.8 Å². The fourth-order valence-electron chi connectivity index (χ4n) is 3.36. The first kappa shape index (κ1) is 27.0. The van der Waals surface area contributed by atoms with Gasteiger partial charge in [-0.1, -0.05) is 0 Å². The van der Waals surface area contributed by atoms with Crippen LogP contribution < -0.4 is 20.4 Å². The van der Waals surface area contributed by atoms with Gasteiger partial charge in [0.25, 0.3) is 0 Å². The molecule has 2 aromatic heterocycles. The molecule has 0 bridgehead atoms. The number of nitrogens with one attached hydrogen (secondary N) is 2. The van der Waals surface area contributed by atoms with Gasteiger partial charge < -0.3 is 20.4 Å². The molecule has 2 aliphatic heterocycles. The van der Waals surface area contributed by atoms with Gasteiger partial charge in [0, 0.05) is 75.9 Å². The van der Waals surface area contributed by atoms with Crippen LogP contribution in [0.1, 0.15) is 0 Å². The lowest BCUT2D eigenvalue weighted by atomic mass is 10.1. The van der Waals surface area contributed by atoms with Crippen LogP contribution in [0.2, 0.25) is 0 Å². The summed E-state index contributed by atoms with van der Waals surface area (Å²) < 4.78 is 0. The Morgan fingerprint density at radius 1 is 0.571 bits per heavy atom. The Balaban J connectivity index is 0.00000182. The van der Waals surface area contributed by atoms with Gasteiger partial charge >= 0.3 is 0 Å². The molecule has 10 heteroatoms. The molecule has 2 aromatic rings. The standard InChI is InChI=1S/C18H24N6.4ClH/c1-5-23(6-2-19-1)17-9-15(11-21-13-17)16-10-18(14-22-12-16)24-7-3-20-4-8-24;;;;/h9-14,19-20H,1-8H2;4*1H. The van der Waals surface area contributed by atoms with E-state index in [4.69, 9.17) is 0 Å². The minimum Gasteiger partial charge on any atom is -0.368 e. The van der Waals surface area contributed by atoms with Crippen LogP contribution in [-0.4, -0.2) is 62.3 Å². The Hall–Kier alpha value is -1.02. The highest BCUT2D eigenvalue weighted by Gasteiger charge is 2.14. The smallest absolute Gasteiger partial charge is 0.0559 e. The highest BCUT2D eigenvalue weighted by atomic mass is 35.5. The molecule has 0 unspecified atom stereocenters. The Morgan fingerprint density at radius 3 is 1.29 bits per heavy atom. The first-order valence-corrected chi connectivity index (χ1v) is 8.72. The number of nitrogens with zero attached hydrogens (tertiary/aromatic N) is 4. The summed E-state index contributed by atoms with van der Waals surface area (Å²) in [5.74, 6) is 0. The number of piperazine rings is 2. The molecule has 28 heavy (non-hydrogen) atoms. The van der Waals surface area contributed by atoms with E-state index in [1.54, 1.807) is 0 Å². The van der Waals surface area contributed by atoms with Gasteiger partial charge in [-0.15, -0.1) is 49.6 Å². The number of anilines is 2. The van der Waals surface area contributed by atoms with Crippen LogP contribution in [0.5, 0.6) is 0 Å². The third-order valence-electron chi connectivity index (χ3n) is 4.75. The maximum Gasteiger partial charge on any atom is 0.0559 e. The largest absolute Gasteiger partial charge is 0.368 e. The van der Waals surface area contributed by atoms with Crippen molar-refractivity contribution in [2.24, 2.45) is 0 Å². The molecule has 6 nitrogen and oxygen atoms in total. The number of aromatic nitrogens is 2. The molecule has 2 aliphatic rings. The van der Waals surface area contributed by atoms with Crippen molar-refractivity contribution in [3.63, 3.8) is 0 Å². The van der Waals surface area contributed by atoms with Crippen molar-refractivity contribution >= 4 is 61.0 Å². The molecule has 4 heterocycles. The minimum absolute atomic E-state index is 0.